The number of benzene rings is 2. The largest absolute Gasteiger partial charge is 0.348 e. The molecule has 2 aromatic carbocycles. The molecule has 10 heteroatoms. The molecule has 0 bridgehead atoms. The van der Waals surface area contributed by atoms with Crippen LogP contribution in [0.25, 0.3) is 16.7 Å². The van der Waals surface area contributed by atoms with Gasteiger partial charge in [-0.15, -0.1) is 0 Å². The molecule has 2 heterocycles. The minimum absolute atomic E-state index is 0.00513. The quantitative estimate of drug-likeness (QED) is 0.633. The molecule has 3 aromatic rings. The van der Waals surface area contributed by atoms with Crippen LogP contribution in [0.3, 0.4) is 0 Å². The van der Waals surface area contributed by atoms with Crippen molar-refractivity contribution in [2.75, 3.05) is 26.0 Å². The molecule has 0 saturated carbocycles. The van der Waals surface area contributed by atoms with E-state index < -0.39 is 11.4 Å². The number of nitrogens with one attached hydrogen (secondary N) is 2. The molecule has 8 nitrogen and oxygen atoms in total. The Morgan fingerprint density at radius 2 is 2.09 bits per heavy atom. The SMILES string of the molecule is CN1C(=N)N[C@](C)(c2cccc(-n3c(N(C)C)nc4cc(C#N)c(Cl)cc43)c2F)CC1=O. The number of nitriles is 1. The van der Waals surface area contributed by atoms with Crippen molar-refractivity contribution in [2.24, 2.45) is 0 Å². The normalized spacial score (nSPS) is 18.6. The first-order valence-electron chi connectivity index (χ1n) is 9.79. The summed E-state index contributed by atoms with van der Waals surface area (Å²) in [5.74, 6) is -0.464. The van der Waals surface area contributed by atoms with E-state index in [0.29, 0.717) is 17.0 Å². The fourth-order valence-corrected chi connectivity index (χ4v) is 4.13. The summed E-state index contributed by atoms with van der Waals surface area (Å²) >= 11 is 6.27. The van der Waals surface area contributed by atoms with Crippen molar-refractivity contribution >= 4 is 40.4 Å². The van der Waals surface area contributed by atoms with Crippen molar-refractivity contribution < 1.29 is 9.18 Å². The van der Waals surface area contributed by atoms with E-state index in [0.717, 1.165) is 0 Å². The minimum atomic E-state index is -1.10. The van der Waals surface area contributed by atoms with E-state index >= 15 is 4.39 Å². The molecule has 4 rings (SSSR count). The van der Waals surface area contributed by atoms with E-state index in [9.17, 15) is 10.1 Å². The Hall–Kier alpha value is -3.64. The molecule has 1 aliphatic rings. The lowest BCUT2D eigenvalue weighted by Crippen LogP contribution is -2.58. The van der Waals surface area contributed by atoms with Crippen LogP contribution in [0.5, 0.6) is 0 Å². The fourth-order valence-electron chi connectivity index (χ4n) is 3.92. The second-order valence-electron chi connectivity index (χ2n) is 8.15. The standard InChI is InChI=1S/C22H21ClFN7O/c1-22(10-18(32)30(4)20(26)28-22)13-6-5-7-16(19(13)24)31-17-9-14(23)12(11-25)8-15(17)27-21(31)29(2)3/h5-9H,10H2,1-4H3,(H2,26,28)/t22-/m0/s1. The van der Waals surface area contributed by atoms with Crippen LogP contribution in [0.2, 0.25) is 5.02 Å². The van der Waals surface area contributed by atoms with E-state index in [1.54, 1.807) is 60.8 Å². The minimum Gasteiger partial charge on any atom is -0.348 e. The first-order chi connectivity index (χ1) is 15.1. The van der Waals surface area contributed by atoms with Gasteiger partial charge in [0.05, 0.1) is 39.3 Å². The lowest BCUT2D eigenvalue weighted by atomic mass is 9.86. The zero-order valence-corrected chi connectivity index (χ0v) is 18.8. The highest BCUT2D eigenvalue weighted by Gasteiger charge is 2.40. The van der Waals surface area contributed by atoms with Crippen LogP contribution in [0.15, 0.2) is 30.3 Å². The van der Waals surface area contributed by atoms with E-state index in [4.69, 9.17) is 17.0 Å². The Labute approximate surface area is 189 Å². The first-order valence-corrected chi connectivity index (χ1v) is 10.2. The molecule has 0 spiro atoms. The smallest absolute Gasteiger partial charge is 0.231 e. The molecule has 1 aromatic heterocycles. The molecular formula is C22H21ClFN7O. The van der Waals surface area contributed by atoms with Gasteiger partial charge in [0.25, 0.3) is 0 Å². The summed E-state index contributed by atoms with van der Waals surface area (Å²) in [4.78, 5) is 19.9. The van der Waals surface area contributed by atoms with Crippen molar-refractivity contribution in [3.63, 3.8) is 0 Å². The number of rotatable bonds is 3. The van der Waals surface area contributed by atoms with Gasteiger partial charge in [0.15, 0.2) is 11.8 Å². The van der Waals surface area contributed by atoms with Gasteiger partial charge in [-0.3, -0.25) is 19.7 Å². The van der Waals surface area contributed by atoms with E-state index in [1.165, 1.54) is 11.9 Å². The highest BCUT2D eigenvalue weighted by atomic mass is 35.5. The molecule has 1 fully saturated rings. The summed E-state index contributed by atoms with van der Waals surface area (Å²) in [5, 5.41) is 20.6. The van der Waals surface area contributed by atoms with Crippen LogP contribution in [0, 0.1) is 22.6 Å². The zero-order chi connectivity index (χ0) is 23.4. The monoisotopic (exact) mass is 453 g/mol. The van der Waals surface area contributed by atoms with Crippen LogP contribution in [0.1, 0.15) is 24.5 Å². The summed E-state index contributed by atoms with van der Waals surface area (Å²) in [6, 6.07) is 10.1. The number of halogens is 2. The van der Waals surface area contributed by atoms with Gasteiger partial charge < -0.3 is 10.2 Å². The second kappa shape index (κ2) is 7.50. The molecule has 0 aliphatic carbocycles. The van der Waals surface area contributed by atoms with Crippen molar-refractivity contribution in [2.45, 2.75) is 18.9 Å². The summed E-state index contributed by atoms with van der Waals surface area (Å²) < 4.78 is 17.7. The number of aromatic nitrogens is 2. The van der Waals surface area contributed by atoms with E-state index in [-0.39, 0.29) is 40.1 Å². The Morgan fingerprint density at radius 3 is 2.72 bits per heavy atom. The maximum Gasteiger partial charge on any atom is 0.231 e. The van der Waals surface area contributed by atoms with Gasteiger partial charge >= 0.3 is 0 Å². The van der Waals surface area contributed by atoms with E-state index in [1.807, 2.05) is 6.07 Å². The maximum absolute atomic E-state index is 16.0. The van der Waals surface area contributed by atoms with Crippen LogP contribution < -0.4 is 10.2 Å². The number of hydrogen-bond acceptors (Lipinski definition) is 5. The molecule has 164 valence electrons. The molecule has 2 N–H and O–H groups in total. The van der Waals surface area contributed by atoms with Crippen LogP contribution in [-0.4, -0.2) is 47.5 Å². The lowest BCUT2D eigenvalue weighted by Gasteiger charge is -2.39. The Morgan fingerprint density at radius 1 is 1.38 bits per heavy atom. The number of imidazole rings is 1. The third kappa shape index (κ3) is 3.24. The summed E-state index contributed by atoms with van der Waals surface area (Å²) in [6.07, 6.45) is -0.00513. The molecule has 1 atom stereocenters. The zero-order valence-electron chi connectivity index (χ0n) is 18.0. The van der Waals surface area contributed by atoms with Gasteiger partial charge in [0, 0.05) is 26.7 Å². The van der Waals surface area contributed by atoms with Gasteiger partial charge in [-0.2, -0.15) is 5.26 Å². The number of carbonyl (C=O) groups is 1. The van der Waals surface area contributed by atoms with Gasteiger partial charge in [-0.25, -0.2) is 9.37 Å². The van der Waals surface area contributed by atoms with Crippen LogP contribution in [0.4, 0.5) is 10.3 Å². The number of nitrogens with zero attached hydrogens (tertiary/aromatic N) is 5. The molecule has 1 amide bonds. The van der Waals surface area contributed by atoms with Gasteiger partial charge in [-0.1, -0.05) is 23.7 Å². The summed E-state index contributed by atoms with van der Waals surface area (Å²) in [7, 11) is 5.07. The fraction of sp³-hybridized carbons (Fsp3) is 0.273. The molecule has 0 unspecified atom stereocenters. The topological polar surface area (TPSA) is 101 Å². The summed E-state index contributed by atoms with van der Waals surface area (Å²) in [5.41, 5.74) is 0.701. The van der Waals surface area contributed by atoms with Gasteiger partial charge in [0.1, 0.15) is 6.07 Å². The highest BCUT2D eigenvalue weighted by molar-refractivity contribution is 6.32. The number of amides is 1. The van der Waals surface area contributed by atoms with Gasteiger partial charge in [0.2, 0.25) is 11.9 Å². The number of hydrogen-bond donors (Lipinski definition) is 2. The average molecular weight is 454 g/mol. The summed E-state index contributed by atoms with van der Waals surface area (Å²) in [6.45, 7) is 1.70. The van der Waals surface area contributed by atoms with Crippen molar-refractivity contribution in [3.8, 4) is 11.8 Å². The third-order valence-electron chi connectivity index (χ3n) is 5.67. The number of carbonyl (C=O) groups excluding carboxylic acids is 1. The molecule has 32 heavy (non-hydrogen) atoms. The Bertz CT molecular complexity index is 1310. The van der Waals surface area contributed by atoms with Crippen molar-refractivity contribution in [1.82, 2.24) is 19.8 Å². The van der Waals surface area contributed by atoms with Gasteiger partial charge in [-0.05, 0) is 25.1 Å². The predicted molar refractivity (Wildman–Crippen MR) is 121 cm³/mol. The predicted octanol–water partition coefficient (Wildman–Crippen LogP) is 3.36. The number of anilines is 1. The second-order valence-corrected chi connectivity index (χ2v) is 8.56. The average Bonchev–Trinajstić information content (AvgIpc) is 3.09. The van der Waals surface area contributed by atoms with Crippen molar-refractivity contribution in [3.05, 3.63) is 52.3 Å². The Balaban J connectivity index is 1.96. The molecule has 1 saturated heterocycles. The molecule has 0 radical (unpaired) electrons. The van der Waals surface area contributed by atoms with Crippen LogP contribution >= 0.6 is 11.6 Å². The highest BCUT2D eigenvalue weighted by Crippen LogP contribution is 2.36. The third-order valence-corrected chi connectivity index (χ3v) is 5.98. The first kappa shape index (κ1) is 21.6. The molecular weight excluding hydrogens is 433 g/mol. The number of fused-ring (bicyclic) bond motifs is 1. The van der Waals surface area contributed by atoms with Crippen LogP contribution in [-0.2, 0) is 10.3 Å². The number of guanidine groups is 1. The maximum atomic E-state index is 16.0. The Kier molecular flexibility index (Phi) is 5.06. The molecule has 1 aliphatic heterocycles. The lowest BCUT2D eigenvalue weighted by molar-refractivity contribution is -0.129. The van der Waals surface area contributed by atoms with Crippen molar-refractivity contribution in [1.29, 1.82) is 10.7 Å². The van der Waals surface area contributed by atoms with E-state index in [2.05, 4.69) is 10.3 Å².